The Balaban J connectivity index is 2.25. The first kappa shape index (κ1) is 13.7. The first-order valence-corrected chi connectivity index (χ1v) is 6.45. The molecule has 0 aliphatic heterocycles. The van der Waals surface area contributed by atoms with E-state index in [1.54, 1.807) is 0 Å². The van der Waals surface area contributed by atoms with Crippen molar-refractivity contribution in [2.45, 2.75) is 65.4 Å². The molecule has 0 aromatic heterocycles. The molecule has 0 N–H and O–H groups in total. The first-order valence-electron chi connectivity index (χ1n) is 6.45. The largest absolute Gasteiger partial charge is 0.368 e. The summed E-state index contributed by atoms with van der Waals surface area (Å²) in [5.41, 5.74) is -0.104. The van der Waals surface area contributed by atoms with E-state index >= 15 is 0 Å². The highest BCUT2D eigenvalue weighted by Crippen LogP contribution is 2.39. The van der Waals surface area contributed by atoms with Gasteiger partial charge in [-0.05, 0) is 44.4 Å². The number of rotatable bonds is 5. The molecule has 1 atom stereocenters. The van der Waals surface area contributed by atoms with Crippen molar-refractivity contribution in [3.05, 3.63) is 0 Å². The maximum Gasteiger partial charge on any atom is 0.151 e. The molecule has 2 nitrogen and oxygen atoms in total. The molecule has 1 rings (SSSR count). The van der Waals surface area contributed by atoms with Crippen molar-refractivity contribution in [1.29, 1.82) is 0 Å². The molecule has 0 amide bonds. The molecule has 1 aliphatic carbocycles. The van der Waals surface area contributed by atoms with E-state index in [1.807, 2.05) is 13.8 Å². The fraction of sp³-hybridized carbons (Fsp3) is 0.929. The Hall–Kier alpha value is -0.370. The van der Waals surface area contributed by atoms with Crippen LogP contribution in [0, 0.1) is 11.3 Å². The van der Waals surface area contributed by atoms with Crippen LogP contribution in [0.15, 0.2) is 0 Å². The van der Waals surface area contributed by atoms with Crippen LogP contribution >= 0.6 is 0 Å². The van der Waals surface area contributed by atoms with Crippen LogP contribution in [0.2, 0.25) is 0 Å². The third-order valence-corrected chi connectivity index (χ3v) is 3.59. The molecule has 1 aliphatic rings. The molecule has 0 aromatic carbocycles. The van der Waals surface area contributed by atoms with Crippen LogP contribution in [0.25, 0.3) is 0 Å². The predicted octanol–water partition coefficient (Wildman–Crippen LogP) is 3.59. The minimum Gasteiger partial charge on any atom is -0.368 e. The van der Waals surface area contributed by atoms with Gasteiger partial charge in [0.1, 0.15) is 5.60 Å². The minimum absolute atomic E-state index is 0.503. The van der Waals surface area contributed by atoms with E-state index in [4.69, 9.17) is 4.74 Å². The Labute approximate surface area is 99.8 Å². The molecule has 1 unspecified atom stereocenters. The van der Waals surface area contributed by atoms with Crippen molar-refractivity contribution < 1.29 is 9.53 Å². The Morgan fingerprint density at radius 1 is 1.44 bits per heavy atom. The molecule has 94 valence electrons. The van der Waals surface area contributed by atoms with Gasteiger partial charge in [-0.25, -0.2) is 0 Å². The number of ether oxygens (including phenoxy) is 1. The molecule has 0 heterocycles. The molecular formula is C14H26O2. The summed E-state index contributed by atoms with van der Waals surface area (Å²) in [5, 5.41) is 0. The maximum atomic E-state index is 10.7. The summed E-state index contributed by atoms with van der Waals surface area (Å²) in [6.07, 6.45) is 7.31. The highest BCUT2D eigenvalue weighted by Gasteiger charge is 2.28. The number of aldehydes is 1. The van der Waals surface area contributed by atoms with E-state index < -0.39 is 5.60 Å². The van der Waals surface area contributed by atoms with E-state index in [0.29, 0.717) is 12.0 Å². The quantitative estimate of drug-likeness (QED) is 0.670. The zero-order valence-corrected chi connectivity index (χ0v) is 11.2. The van der Waals surface area contributed by atoms with Crippen LogP contribution in [-0.4, -0.2) is 18.5 Å². The average Bonchev–Trinajstić information content (AvgIpc) is 2.16. The molecule has 2 heteroatoms. The third kappa shape index (κ3) is 4.65. The second-order valence-electron chi connectivity index (χ2n) is 6.49. The lowest BCUT2D eigenvalue weighted by Crippen LogP contribution is -2.28. The van der Waals surface area contributed by atoms with Gasteiger partial charge < -0.3 is 9.53 Å². The highest BCUT2D eigenvalue weighted by atomic mass is 16.5. The Bertz CT molecular complexity index is 231. The summed E-state index contributed by atoms with van der Waals surface area (Å²) in [6, 6.07) is 0. The number of carbonyl (C=O) groups is 1. The van der Waals surface area contributed by atoms with Gasteiger partial charge in [0.2, 0.25) is 0 Å². The number of hydrogen-bond acceptors (Lipinski definition) is 2. The van der Waals surface area contributed by atoms with Gasteiger partial charge in [0, 0.05) is 6.61 Å². The Morgan fingerprint density at radius 3 is 2.69 bits per heavy atom. The molecule has 0 spiro atoms. The van der Waals surface area contributed by atoms with Gasteiger partial charge in [0.25, 0.3) is 0 Å². The molecule has 0 saturated heterocycles. The SMILES string of the molecule is CC1(C)CCCC(CCOC(C)(C)C=O)C1. The number of hydrogen-bond donors (Lipinski definition) is 0. The smallest absolute Gasteiger partial charge is 0.151 e. The van der Waals surface area contributed by atoms with Crippen LogP contribution in [0.3, 0.4) is 0 Å². The summed E-state index contributed by atoms with van der Waals surface area (Å²) in [6.45, 7) is 9.08. The van der Waals surface area contributed by atoms with E-state index in [-0.39, 0.29) is 0 Å². The molecule has 0 bridgehead atoms. The lowest BCUT2D eigenvalue weighted by atomic mass is 9.71. The molecular weight excluding hydrogens is 200 g/mol. The van der Waals surface area contributed by atoms with Crippen LogP contribution in [-0.2, 0) is 9.53 Å². The minimum atomic E-state index is -0.607. The van der Waals surface area contributed by atoms with E-state index in [0.717, 1.165) is 18.6 Å². The van der Waals surface area contributed by atoms with Crippen molar-refractivity contribution in [2.24, 2.45) is 11.3 Å². The monoisotopic (exact) mass is 226 g/mol. The Morgan fingerprint density at radius 2 is 2.12 bits per heavy atom. The summed E-state index contributed by atoms with van der Waals surface area (Å²) < 4.78 is 5.58. The van der Waals surface area contributed by atoms with E-state index in [9.17, 15) is 4.79 Å². The van der Waals surface area contributed by atoms with Crippen molar-refractivity contribution in [3.8, 4) is 0 Å². The predicted molar refractivity (Wildman–Crippen MR) is 66.5 cm³/mol. The van der Waals surface area contributed by atoms with Gasteiger partial charge in [0.05, 0.1) is 0 Å². The summed E-state index contributed by atoms with van der Waals surface area (Å²) >= 11 is 0. The maximum absolute atomic E-state index is 10.7. The van der Waals surface area contributed by atoms with Crippen LogP contribution in [0.5, 0.6) is 0 Å². The molecule has 1 fully saturated rings. The summed E-state index contributed by atoms with van der Waals surface area (Å²) in [7, 11) is 0. The molecule has 1 saturated carbocycles. The van der Waals surface area contributed by atoms with Crippen molar-refractivity contribution >= 4 is 6.29 Å². The normalized spacial score (nSPS) is 25.4. The van der Waals surface area contributed by atoms with E-state index in [2.05, 4.69) is 13.8 Å². The molecule has 0 radical (unpaired) electrons. The highest BCUT2D eigenvalue weighted by molar-refractivity contribution is 5.60. The Kier molecular flexibility index (Phi) is 4.54. The van der Waals surface area contributed by atoms with Crippen molar-refractivity contribution in [3.63, 3.8) is 0 Å². The number of carbonyl (C=O) groups excluding carboxylic acids is 1. The standard InChI is InChI=1S/C14H26O2/c1-13(2)8-5-6-12(10-13)7-9-16-14(3,4)11-15/h11-12H,5-10H2,1-4H3. The van der Waals surface area contributed by atoms with Crippen LogP contribution in [0.4, 0.5) is 0 Å². The van der Waals surface area contributed by atoms with Crippen LogP contribution < -0.4 is 0 Å². The van der Waals surface area contributed by atoms with Crippen molar-refractivity contribution in [2.75, 3.05) is 6.61 Å². The van der Waals surface area contributed by atoms with Gasteiger partial charge in [-0.15, -0.1) is 0 Å². The topological polar surface area (TPSA) is 26.3 Å². The average molecular weight is 226 g/mol. The van der Waals surface area contributed by atoms with Gasteiger partial charge in [-0.1, -0.05) is 26.7 Å². The van der Waals surface area contributed by atoms with Gasteiger partial charge in [-0.2, -0.15) is 0 Å². The fourth-order valence-electron chi connectivity index (χ4n) is 2.62. The van der Waals surface area contributed by atoms with Gasteiger partial charge >= 0.3 is 0 Å². The summed E-state index contributed by atoms with van der Waals surface area (Å²) in [5.74, 6) is 0.784. The second kappa shape index (κ2) is 5.31. The first-order chi connectivity index (χ1) is 7.35. The van der Waals surface area contributed by atoms with Crippen molar-refractivity contribution in [1.82, 2.24) is 0 Å². The molecule has 0 aromatic rings. The lowest BCUT2D eigenvalue weighted by molar-refractivity contribution is -0.127. The second-order valence-corrected chi connectivity index (χ2v) is 6.49. The summed E-state index contributed by atoms with van der Waals surface area (Å²) in [4.78, 5) is 10.7. The van der Waals surface area contributed by atoms with Gasteiger partial charge in [0.15, 0.2) is 6.29 Å². The lowest BCUT2D eigenvalue weighted by Gasteiger charge is -2.35. The fourth-order valence-corrected chi connectivity index (χ4v) is 2.62. The third-order valence-electron chi connectivity index (χ3n) is 3.59. The van der Waals surface area contributed by atoms with Gasteiger partial charge in [-0.3, -0.25) is 0 Å². The zero-order chi connectivity index (χ0) is 12.2. The zero-order valence-electron chi connectivity index (χ0n) is 11.2. The van der Waals surface area contributed by atoms with E-state index in [1.165, 1.54) is 25.7 Å². The van der Waals surface area contributed by atoms with Crippen LogP contribution in [0.1, 0.15) is 59.8 Å². The molecule has 16 heavy (non-hydrogen) atoms.